The molecule has 0 aliphatic carbocycles. The molecule has 2 aliphatic heterocycles. The Hall–Kier alpha value is -3.48. The molecule has 144 valence electrons. The lowest BCUT2D eigenvalue weighted by molar-refractivity contribution is -0.129. The van der Waals surface area contributed by atoms with Crippen molar-refractivity contribution in [2.45, 2.75) is 6.92 Å². The van der Waals surface area contributed by atoms with E-state index in [1.165, 1.54) is 0 Å². The van der Waals surface area contributed by atoms with Crippen LogP contribution in [-0.2, 0) is 9.53 Å². The predicted molar refractivity (Wildman–Crippen MR) is 102 cm³/mol. The summed E-state index contributed by atoms with van der Waals surface area (Å²) in [7, 11) is 1.55. The molecule has 0 unspecified atom stereocenters. The maximum atomic E-state index is 12.3. The molecule has 4 rings (SSSR count). The number of aliphatic imine (C=N–C) groups is 1. The molecule has 7 heteroatoms. The molecule has 0 aromatic heterocycles. The van der Waals surface area contributed by atoms with Gasteiger partial charge in [-0.15, -0.1) is 0 Å². The minimum Gasteiger partial charge on any atom is -0.494 e. The monoisotopic (exact) mass is 381 g/mol. The fraction of sp³-hybridized carbons (Fsp3) is 0.238. The molecule has 7 nitrogen and oxygen atoms in total. The molecule has 2 aromatic rings. The Morgan fingerprint density at radius 3 is 2.68 bits per heavy atom. The van der Waals surface area contributed by atoms with E-state index >= 15 is 0 Å². The first-order chi connectivity index (χ1) is 13.7. The Morgan fingerprint density at radius 1 is 1.14 bits per heavy atom. The number of cyclic esters (lactones) is 1. The second-order valence-electron chi connectivity index (χ2n) is 6.04. The van der Waals surface area contributed by atoms with Gasteiger partial charge in [0, 0.05) is 5.56 Å². The second-order valence-corrected chi connectivity index (χ2v) is 6.04. The number of ether oxygens (including phenoxy) is 5. The summed E-state index contributed by atoms with van der Waals surface area (Å²) in [5.41, 5.74) is 1.59. The lowest BCUT2D eigenvalue weighted by atomic mass is 10.1. The van der Waals surface area contributed by atoms with E-state index in [2.05, 4.69) is 4.99 Å². The molecular formula is C21H19NO6. The number of carbonyl (C=O) groups is 1. The topological polar surface area (TPSA) is 75.6 Å². The lowest BCUT2D eigenvalue weighted by Gasteiger charge is -2.20. The molecule has 0 fully saturated rings. The van der Waals surface area contributed by atoms with E-state index in [0.29, 0.717) is 48.2 Å². The summed E-state index contributed by atoms with van der Waals surface area (Å²) in [6, 6.07) is 10.8. The molecule has 0 amide bonds. The normalized spacial score (nSPS) is 16.6. The van der Waals surface area contributed by atoms with Crippen molar-refractivity contribution in [1.29, 1.82) is 0 Å². The van der Waals surface area contributed by atoms with E-state index in [4.69, 9.17) is 23.7 Å². The van der Waals surface area contributed by atoms with Crippen LogP contribution in [0.4, 0.5) is 0 Å². The van der Waals surface area contributed by atoms with Gasteiger partial charge >= 0.3 is 5.97 Å². The zero-order valence-corrected chi connectivity index (χ0v) is 15.6. The van der Waals surface area contributed by atoms with Gasteiger partial charge in [-0.1, -0.05) is 0 Å². The third kappa shape index (κ3) is 3.51. The van der Waals surface area contributed by atoms with Gasteiger partial charge in [0.15, 0.2) is 17.2 Å². The molecule has 0 saturated heterocycles. The van der Waals surface area contributed by atoms with E-state index in [9.17, 15) is 4.79 Å². The van der Waals surface area contributed by atoms with Crippen LogP contribution in [0.5, 0.6) is 23.0 Å². The number of fused-ring (bicyclic) bond motifs is 1. The van der Waals surface area contributed by atoms with Gasteiger partial charge in [0.25, 0.3) is 0 Å². The van der Waals surface area contributed by atoms with Gasteiger partial charge in [0.2, 0.25) is 11.6 Å². The maximum Gasteiger partial charge on any atom is 0.363 e. The van der Waals surface area contributed by atoms with Gasteiger partial charge < -0.3 is 23.7 Å². The Morgan fingerprint density at radius 2 is 1.93 bits per heavy atom. The zero-order valence-electron chi connectivity index (χ0n) is 15.6. The van der Waals surface area contributed by atoms with E-state index < -0.39 is 5.97 Å². The molecule has 0 atom stereocenters. The highest BCUT2D eigenvalue weighted by molar-refractivity contribution is 6.12. The van der Waals surface area contributed by atoms with Crippen LogP contribution in [0.15, 0.2) is 47.1 Å². The number of benzene rings is 2. The highest BCUT2D eigenvalue weighted by Crippen LogP contribution is 2.41. The molecule has 2 aromatic carbocycles. The average Bonchev–Trinajstić information content (AvgIpc) is 3.08. The number of hydrogen-bond acceptors (Lipinski definition) is 7. The predicted octanol–water partition coefficient (Wildman–Crippen LogP) is 3.21. The fourth-order valence-corrected chi connectivity index (χ4v) is 2.93. The van der Waals surface area contributed by atoms with Crippen molar-refractivity contribution in [3.8, 4) is 23.0 Å². The highest BCUT2D eigenvalue weighted by atomic mass is 16.6. The number of rotatable bonds is 5. The summed E-state index contributed by atoms with van der Waals surface area (Å²) in [5.74, 6) is 2.14. The lowest BCUT2D eigenvalue weighted by Crippen LogP contribution is -2.16. The van der Waals surface area contributed by atoms with Crippen molar-refractivity contribution >= 4 is 17.9 Å². The first kappa shape index (κ1) is 17.9. The molecule has 0 radical (unpaired) electrons. The van der Waals surface area contributed by atoms with Crippen molar-refractivity contribution in [1.82, 2.24) is 0 Å². The van der Waals surface area contributed by atoms with Crippen molar-refractivity contribution in [3.63, 3.8) is 0 Å². The summed E-state index contributed by atoms with van der Waals surface area (Å²) in [4.78, 5) is 16.6. The van der Waals surface area contributed by atoms with Crippen molar-refractivity contribution in [3.05, 3.63) is 53.2 Å². The van der Waals surface area contributed by atoms with E-state index in [-0.39, 0.29) is 11.6 Å². The molecule has 2 heterocycles. The van der Waals surface area contributed by atoms with Gasteiger partial charge in [-0.05, 0) is 55.0 Å². The third-order valence-corrected chi connectivity index (χ3v) is 4.19. The van der Waals surface area contributed by atoms with Crippen LogP contribution in [0.3, 0.4) is 0 Å². The standard InChI is InChI=1S/C21H19NO6/c1-3-25-15-6-4-14(5-7-15)20-22-16(21(23)28-20)10-13-11-17(24-2)19-18(12-13)26-8-9-27-19/h4-7,10-12H,3,8-9H2,1-2H3/b16-10+. The fourth-order valence-electron chi connectivity index (χ4n) is 2.93. The van der Waals surface area contributed by atoms with Gasteiger partial charge in [-0.3, -0.25) is 0 Å². The third-order valence-electron chi connectivity index (χ3n) is 4.19. The van der Waals surface area contributed by atoms with Crippen LogP contribution < -0.4 is 18.9 Å². The molecule has 2 aliphatic rings. The van der Waals surface area contributed by atoms with Gasteiger partial charge in [0.1, 0.15) is 19.0 Å². The smallest absolute Gasteiger partial charge is 0.363 e. The minimum atomic E-state index is -0.516. The summed E-state index contributed by atoms with van der Waals surface area (Å²) < 4.78 is 27.3. The van der Waals surface area contributed by atoms with Crippen LogP contribution >= 0.6 is 0 Å². The molecule has 0 N–H and O–H groups in total. The van der Waals surface area contributed by atoms with Crippen LogP contribution in [0.25, 0.3) is 6.08 Å². The highest BCUT2D eigenvalue weighted by Gasteiger charge is 2.25. The largest absolute Gasteiger partial charge is 0.494 e. The number of carbonyl (C=O) groups excluding carboxylic acids is 1. The molecule has 0 saturated carbocycles. The van der Waals surface area contributed by atoms with E-state index in [0.717, 1.165) is 5.75 Å². The summed E-state index contributed by atoms with van der Waals surface area (Å²) in [5, 5.41) is 0. The second kappa shape index (κ2) is 7.64. The zero-order chi connectivity index (χ0) is 19.5. The van der Waals surface area contributed by atoms with E-state index in [1.54, 1.807) is 37.5 Å². The van der Waals surface area contributed by atoms with Gasteiger partial charge in [-0.2, -0.15) is 0 Å². The van der Waals surface area contributed by atoms with Crippen molar-refractivity contribution in [2.75, 3.05) is 26.9 Å². The number of methoxy groups -OCH3 is 1. The Labute approximate surface area is 162 Å². The summed E-state index contributed by atoms with van der Waals surface area (Å²) >= 11 is 0. The first-order valence-corrected chi connectivity index (χ1v) is 8.91. The number of hydrogen-bond donors (Lipinski definition) is 0. The molecular weight excluding hydrogens is 362 g/mol. The van der Waals surface area contributed by atoms with Crippen molar-refractivity contribution < 1.29 is 28.5 Å². The quantitative estimate of drug-likeness (QED) is 0.585. The summed E-state index contributed by atoms with van der Waals surface area (Å²) in [6.07, 6.45) is 1.63. The van der Waals surface area contributed by atoms with Crippen LogP contribution in [0, 0.1) is 0 Å². The van der Waals surface area contributed by atoms with Crippen LogP contribution in [0.2, 0.25) is 0 Å². The first-order valence-electron chi connectivity index (χ1n) is 8.91. The molecule has 0 spiro atoms. The van der Waals surface area contributed by atoms with Gasteiger partial charge in [0.05, 0.1) is 13.7 Å². The molecule has 0 bridgehead atoms. The minimum absolute atomic E-state index is 0.197. The molecule has 28 heavy (non-hydrogen) atoms. The number of nitrogens with zero attached hydrogens (tertiary/aromatic N) is 1. The average molecular weight is 381 g/mol. The Kier molecular flexibility index (Phi) is 4.89. The Bertz CT molecular complexity index is 944. The number of esters is 1. The SMILES string of the molecule is CCOc1ccc(C2=N/C(=C/c3cc(OC)c4c(c3)OCCO4)C(=O)O2)cc1. The van der Waals surface area contributed by atoms with E-state index in [1.807, 2.05) is 19.1 Å². The maximum absolute atomic E-state index is 12.3. The Balaban J connectivity index is 1.63. The van der Waals surface area contributed by atoms with Gasteiger partial charge in [-0.25, -0.2) is 9.79 Å². The van der Waals surface area contributed by atoms with Crippen molar-refractivity contribution in [2.24, 2.45) is 4.99 Å². The van der Waals surface area contributed by atoms with Crippen LogP contribution in [-0.4, -0.2) is 38.8 Å². The summed E-state index contributed by atoms with van der Waals surface area (Å²) in [6.45, 7) is 3.42. The van der Waals surface area contributed by atoms with Crippen LogP contribution in [0.1, 0.15) is 18.1 Å².